The van der Waals surface area contributed by atoms with Crippen molar-refractivity contribution in [3.63, 3.8) is 0 Å². The van der Waals surface area contributed by atoms with Crippen molar-refractivity contribution in [1.82, 2.24) is 15.1 Å². The molecule has 0 aromatic carbocycles. The van der Waals surface area contributed by atoms with Gasteiger partial charge >= 0.3 is 0 Å². The van der Waals surface area contributed by atoms with Crippen LogP contribution in [0.3, 0.4) is 0 Å². The zero-order valence-corrected chi connectivity index (χ0v) is 14.0. The lowest BCUT2D eigenvalue weighted by molar-refractivity contribution is 0.103. The second-order valence-corrected chi connectivity index (χ2v) is 7.53. The molecule has 0 aromatic rings. The summed E-state index contributed by atoms with van der Waals surface area (Å²) in [6.45, 7) is 10.1. The van der Waals surface area contributed by atoms with Gasteiger partial charge in [-0.25, -0.2) is 0 Å². The van der Waals surface area contributed by atoms with Gasteiger partial charge in [0.1, 0.15) is 0 Å². The predicted molar refractivity (Wildman–Crippen MR) is 89.7 cm³/mol. The lowest BCUT2D eigenvalue weighted by Gasteiger charge is -2.38. The van der Waals surface area contributed by atoms with Crippen molar-refractivity contribution in [3.05, 3.63) is 0 Å². The fourth-order valence-corrected chi connectivity index (χ4v) is 4.28. The second-order valence-electron chi connectivity index (χ2n) is 7.53. The van der Waals surface area contributed by atoms with Crippen molar-refractivity contribution in [2.75, 3.05) is 39.3 Å². The van der Waals surface area contributed by atoms with Crippen molar-refractivity contribution in [2.24, 2.45) is 5.92 Å². The Hall–Kier alpha value is -0.120. The van der Waals surface area contributed by atoms with E-state index >= 15 is 0 Å². The van der Waals surface area contributed by atoms with Gasteiger partial charge in [-0.1, -0.05) is 26.2 Å². The molecule has 21 heavy (non-hydrogen) atoms. The number of nitrogens with zero attached hydrogens (tertiary/aromatic N) is 2. The lowest BCUT2D eigenvalue weighted by Crippen LogP contribution is -2.50. The molecule has 3 fully saturated rings. The first-order valence-electron chi connectivity index (χ1n) is 9.56. The number of hydrogen-bond donors (Lipinski definition) is 1. The standard InChI is InChI=1S/C18H35N3/c1-2-10-19-18-7-5-3-4-6-16(18)15-20-11-13-21(14-12-20)17-8-9-17/h16-19H,2-15H2,1H3. The molecule has 1 saturated heterocycles. The van der Waals surface area contributed by atoms with Gasteiger partial charge in [0.2, 0.25) is 0 Å². The zero-order valence-electron chi connectivity index (χ0n) is 14.0. The van der Waals surface area contributed by atoms with Crippen molar-refractivity contribution < 1.29 is 0 Å². The molecule has 2 aliphatic carbocycles. The molecule has 0 bridgehead atoms. The Balaban J connectivity index is 1.46. The average molecular weight is 293 g/mol. The minimum atomic E-state index is 0.786. The van der Waals surface area contributed by atoms with Crippen LogP contribution in [-0.4, -0.2) is 61.2 Å². The highest BCUT2D eigenvalue weighted by Gasteiger charge is 2.32. The fourth-order valence-electron chi connectivity index (χ4n) is 4.28. The Bertz CT molecular complexity index is 295. The maximum atomic E-state index is 3.85. The van der Waals surface area contributed by atoms with Crippen LogP contribution in [0, 0.1) is 5.92 Å². The summed E-state index contributed by atoms with van der Waals surface area (Å²) in [4.78, 5) is 5.49. The highest BCUT2D eigenvalue weighted by molar-refractivity contribution is 4.89. The molecule has 2 saturated carbocycles. The van der Waals surface area contributed by atoms with Gasteiger partial charge in [0.15, 0.2) is 0 Å². The Morgan fingerprint density at radius 2 is 1.67 bits per heavy atom. The number of nitrogens with one attached hydrogen (secondary N) is 1. The SMILES string of the molecule is CCCNC1CCCCCC1CN1CCN(C2CC2)CC1. The maximum Gasteiger partial charge on any atom is 0.0113 e. The molecule has 3 rings (SSSR count). The molecular weight excluding hydrogens is 258 g/mol. The molecule has 3 nitrogen and oxygen atoms in total. The number of rotatable bonds is 6. The van der Waals surface area contributed by atoms with Gasteiger partial charge in [-0.15, -0.1) is 0 Å². The molecule has 0 aromatic heterocycles. The van der Waals surface area contributed by atoms with E-state index in [4.69, 9.17) is 0 Å². The normalized spacial score (nSPS) is 33.0. The molecule has 1 heterocycles. The number of piperazine rings is 1. The highest BCUT2D eigenvalue weighted by atomic mass is 15.3. The molecule has 2 atom stereocenters. The summed E-state index contributed by atoms with van der Waals surface area (Å²) < 4.78 is 0. The van der Waals surface area contributed by atoms with E-state index in [1.54, 1.807) is 0 Å². The predicted octanol–water partition coefficient (Wildman–Crippen LogP) is 2.71. The van der Waals surface area contributed by atoms with E-state index in [1.165, 1.54) is 90.6 Å². The van der Waals surface area contributed by atoms with Crippen molar-refractivity contribution >= 4 is 0 Å². The van der Waals surface area contributed by atoms with Crippen molar-refractivity contribution in [2.45, 2.75) is 70.4 Å². The summed E-state index contributed by atoms with van der Waals surface area (Å²) in [5, 5.41) is 3.85. The van der Waals surface area contributed by atoms with E-state index in [-0.39, 0.29) is 0 Å². The molecule has 3 heteroatoms. The first-order chi connectivity index (χ1) is 10.4. The van der Waals surface area contributed by atoms with E-state index in [9.17, 15) is 0 Å². The van der Waals surface area contributed by atoms with Gasteiger partial charge in [-0.3, -0.25) is 4.90 Å². The minimum absolute atomic E-state index is 0.786. The topological polar surface area (TPSA) is 18.5 Å². The van der Waals surface area contributed by atoms with Crippen LogP contribution in [0.2, 0.25) is 0 Å². The molecule has 1 N–H and O–H groups in total. The number of hydrogen-bond acceptors (Lipinski definition) is 3. The van der Waals surface area contributed by atoms with Crippen LogP contribution in [0.4, 0.5) is 0 Å². The van der Waals surface area contributed by atoms with Gasteiger partial charge in [0, 0.05) is 44.8 Å². The first kappa shape index (κ1) is 15.8. The van der Waals surface area contributed by atoms with Crippen LogP contribution < -0.4 is 5.32 Å². The molecule has 2 unspecified atom stereocenters. The molecule has 122 valence electrons. The van der Waals surface area contributed by atoms with Crippen LogP contribution in [0.5, 0.6) is 0 Å². The molecule has 0 spiro atoms. The van der Waals surface area contributed by atoms with E-state index in [0.717, 1.165) is 18.0 Å². The smallest absolute Gasteiger partial charge is 0.0113 e. The Labute approximate surface area is 131 Å². The van der Waals surface area contributed by atoms with Crippen molar-refractivity contribution in [3.8, 4) is 0 Å². The van der Waals surface area contributed by atoms with E-state index < -0.39 is 0 Å². The third-order valence-corrected chi connectivity index (χ3v) is 5.78. The lowest BCUT2D eigenvalue weighted by atomic mass is 9.93. The summed E-state index contributed by atoms with van der Waals surface area (Å²) in [5.74, 6) is 0.895. The van der Waals surface area contributed by atoms with Crippen molar-refractivity contribution in [1.29, 1.82) is 0 Å². The van der Waals surface area contributed by atoms with Gasteiger partial charge in [-0.2, -0.15) is 0 Å². The van der Waals surface area contributed by atoms with Gasteiger partial charge in [0.25, 0.3) is 0 Å². The third kappa shape index (κ3) is 4.67. The average Bonchev–Trinajstić information content (AvgIpc) is 3.34. The molecular formula is C18H35N3. The summed E-state index contributed by atoms with van der Waals surface area (Å²) in [6.07, 6.45) is 11.4. The van der Waals surface area contributed by atoms with Crippen LogP contribution in [0.1, 0.15) is 58.3 Å². The molecule has 0 amide bonds. The molecule has 1 aliphatic heterocycles. The van der Waals surface area contributed by atoms with E-state index in [0.29, 0.717) is 0 Å². The monoisotopic (exact) mass is 293 g/mol. The Morgan fingerprint density at radius 3 is 2.38 bits per heavy atom. The van der Waals surface area contributed by atoms with E-state index in [2.05, 4.69) is 22.0 Å². The minimum Gasteiger partial charge on any atom is -0.314 e. The van der Waals surface area contributed by atoms with Gasteiger partial charge in [-0.05, 0) is 44.6 Å². The summed E-state index contributed by atoms with van der Waals surface area (Å²) in [5.41, 5.74) is 0. The van der Waals surface area contributed by atoms with Gasteiger partial charge < -0.3 is 10.2 Å². The van der Waals surface area contributed by atoms with Crippen LogP contribution in [-0.2, 0) is 0 Å². The van der Waals surface area contributed by atoms with Crippen LogP contribution in [0.15, 0.2) is 0 Å². The largest absolute Gasteiger partial charge is 0.314 e. The van der Waals surface area contributed by atoms with E-state index in [1.807, 2.05) is 0 Å². The zero-order chi connectivity index (χ0) is 14.5. The summed E-state index contributed by atoms with van der Waals surface area (Å²) >= 11 is 0. The molecule has 0 radical (unpaired) electrons. The maximum absolute atomic E-state index is 3.85. The summed E-state index contributed by atoms with van der Waals surface area (Å²) in [6, 6.07) is 1.75. The Morgan fingerprint density at radius 1 is 0.905 bits per heavy atom. The van der Waals surface area contributed by atoms with Crippen LogP contribution in [0.25, 0.3) is 0 Å². The third-order valence-electron chi connectivity index (χ3n) is 5.78. The first-order valence-corrected chi connectivity index (χ1v) is 9.56. The Kier molecular flexibility index (Phi) is 5.96. The quantitative estimate of drug-likeness (QED) is 0.760. The summed E-state index contributed by atoms with van der Waals surface area (Å²) in [7, 11) is 0. The van der Waals surface area contributed by atoms with Crippen LogP contribution >= 0.6 is 0 Å². The molecule has 3 aliphatic rings. The second kappa shape index (κ2) is 7.94. The fraction of sp³-hybridized carbons (Fsp3) is 1.00. The highest BCUT2D eigenvalue weighted by Crippen LogP contribution is 2.28. The van der Waals surface area contributed by atoms with Gasteiger partial charge in [0.05, 0.1) is 0 Å².